The Bertz CT molecular complexity index is 510. The summed E-state index contributed by atoms with van der Waals surface area (Å²) in [5.74, 6) is 0.0876. The third-order valence-electron chi connectivity index (χ3n) is 3.83. The van der Waals surface area contributed by atoms with Gasteiger partial charge in [0.15, 0.2) is 0 Å². The lowest BCUT2D eigenvalue weighted by molar-refractivity contribution is -0.0650. The summed E-state index contributed by atoms with van der Waals surface area (Å²) >= 11 is 5.86. The molecule has 1 fully saturated rings. The van der Waals surface area contributed by atoms with E-state index in [0.717, 1.165) is 17.7 Å². The number of alkyl halides is 1. The molecule has 0 amide bonds. The van der Waals surface area contributed by atoms with E-state index in [4.69, 9.17) is 16.3 Å². The summed E-state index contributed by atoms with van der Waals surface area (Å²) in [4.78, 5) is 2.32. The molecule has 2 rings (SSSR count). The van der Waals surface area contributed by atoms with Gasteiger partial charge in [-0.1, -0.05) is 26.8 Å². The zero-order valence-electron chi connectivity index (χ0n) is 13.5. The molecule has 0 bridgehead atoms. The van der Waals surface area contributed by atoms with E-state index in [2.05, 4.69) is 39.5 Å². The van der Waals surface area contributed by atoms with Crippen LogP contribution in [0.25, 0.3) is 0 Å². The Labute approximate surface area is 132 Å². The molecular weight excluding hydrogens is 289 g/mol. The Balaban J connectivity index is 2.35. The molecule has 1 saturated heterocycles. The quantitative estimate of drug-likeness (QED) is 0.749. The van der Waals surface area contributed by atoms with Crippen LogP contribution in [0.3, 0.4) is 0 Å². The normalized spacial score (nSPS) is 22.7. The maximum atomic E-state index is 13.8. The van der Waals surface area contributed by atoms with Gasteiger partial charge < -0.3 is 4.74 Å². The summed E-state index contributed by atoms with van der Waals surface area (Å²) in [6.45, 7) is 12.2. The molecular formula is C17H25ClFNO. The van der Waals surface area contributed by atoms with E-state index in [0.29, 0.717) is 12.5 Å². The zero-order valence-corrected chi connectivity index (χ0v) is 14.3. The van der Waals surface area contributed by atoms with Crippen molar-refractivity contribution in [3.8, 4) is 0 Å². The lowest BCUT2D eigenvalue weighted by Gasteiger charge is -2.38. The van der Waals surface area contributed by atoms with Gasteiger partial charge in [0.2, 0.25) is 0 Å². The summed E-state index contributed by atoms with van der Waals surface area (Å²) < 4.78 is 19.8. The van der Waals surface area contributed by atoms with Gasteiger partial charge in [0.05, 0.1) is 12.6 Å². The number of rotatable bonds is 3. The van der Waals surface area contributed by atoms with Gasteiger partial charge in [-0.25, -0.2) is 4.39 Å². The van der Waals surface area contributed by atoms with E-state index in [9.17, 15) is 4.39 Å². The zero-order chi connectivity index (χ0) is 15.8. The van der Waals surface area contributed by atoms with Crippen LogP contribution in [0.4, 0.5) is 4.39 Å². The lowest BCUT2D eigenvalue weighted by atomic mass is 9.93. The molecule has 1 atom stereocenters. The van der Waals surface area contributed by atoms with Crippen molar-refractivity contribution in [2.75, 3.05) is 13.2 Å². The Morgan fingerprint density at radius 2 is 2.00 bits per heavy atom. The fourth-order valence-electron chi connectivity index (χ4n) is 2.86. The van der Waals surface area contributed by atoms with Gasteiger partial charge in [-0.3, -0.25) is 4.90 Å². The monoisotopic (exact) mass is 313 g/mol. The SMILES string of the molecule is CC(C)(C)CN1[C@@H](c2cc(F)cc(CCl)c2)COC1(C)C. The summed E-state index contributed by atoms with van der Waals surface area (Å²) in [6, 6.07) is 5.14. The molecule has 1 aliphatic heterocycles. The second kappa shape index (κ2) is 5.86. The van der Waals surface area contributed by atoms with Crippen molar-refractivity contribution in [1.29, 1.82) is 0 Å². The van der Waals surface area contributed by atoms with Crippen molar-refractivity contribution in [2.45, 2.75) is 52.3 Å². The molecule has 1 heterocycles. The summed E-state index contributed by atoms with van der Waals surface area (Å²) in [5, 5.41) is 0. The third kappa shape index (κ3) is 3.97. The predicted molar refractivity (Wildman–Crippen MR) is 84.9 cm³/mol. The molecule has 0 unspecified atom stereocenters. The molecule has 0 aliphatic carbocycles. The molecule has 4 heteroatoms. The van der Waals surface area contributed by atoms with Gasteiger partial charge in [-0.05, 0) is 42.5 Å². The van der Waals surface area contributed by atoms with Crippen LogP contribution in [0.5, 0.6) is 0 Å². The van der Waals surface area contributed by atoms with Crippen molar-refractivity contribution in [1.82, 2.24) is 4.90 Å². The van der Waals surface area contributed by atoms with E-state index in [1.807, 2.05) is 6.07 Å². The fourth-order valence-corrected chi connectivity index (χ4v) is 3.02. The molecule has 0 aromatic heterocycles. The van der Waals surface area contributed by atoms with Gasteiger partial charge in [0.25, 0.3) is 0 Å². The third-order valence-corrected chi connectivity index (χ3v) is 4.13. The molecule has 118 valence electrons. The summed E-state index contributed by atoms with van der Waals surface area (Å²) in [7, 11) is 0. The number of ether oxygens (including phenoxy) is 1. The Morgan fingerprint density at radius 3 is 2.57 bits per heavy atom. The second-order valence-electron chi connectivity index (χ2n) is 7.49. The first kappa shape index (κ1) is 16.7. The van der Waals surface area contributed by atoms with E-state index in [-0.39, 0.29) is 23.0 Å². The first-order valence-corrected chi connectivity index (χ1v) is 7.92. The fraction of sp³-hybridized carbons (Fsp3) is 0.647. The minimum Gasteiger partial charge on any atom is -0.359 e. The van der Waals surface area contributed by atoms with Gasteiger partial charge in [-0.15, -0.1) is 11.6 Å². The highest BCUT2D eigenvalue weighted by atomic mass is 35.5. The van der Waals surface area contributed by atoms with Gasteiger partial charge in [0.1, 0.15) is 11.5 Å². The van der Waals surface area contributed by atoms with Crippen molar-refractivity contribution >= 4 is 11.6 Å². The molecule has 1 aromatic carbocycles. The van der Waals surface area contributed by atoms with Crippen LogP contribution in [-0.2, 0) is 10.6 Å². The topological polar surface area (TPSA) is 12.5 Å². The van der Waals surface area contributed by atoms with Crippen LogP contribution in [-0.4, -0.2) is 23.8 Å². The van der Waals surface area contributed by atoms with Crippen molar-refractivity contribution < 1.29 is 9.13 Å². The van der Waals surface area contributed by atoms with Crippen molar-refractivity contribution in [3.63, 3.8) is 0 Å². The molecule has 0 spiro atoms. The van der Waals surface area contributed by atoms with E-state index >= 15 is 0 Å². The Kier molecular flexibility index (Phi) is 4.67. The van der Waals surface area contributed by atoms with Gasteiger partial charge >= 0.3 is 0 Å². The molecule has 1 aliphatic rings. The average Bonchev–Trinajstić information content (AvgIpc) is 2.62. The highest BCUT2D eigenvalue weighted by molar-refractivity contribution is 6.17. The van der Waals surface area contributed by atoms with E-state index in [1.165, 1.54) is 6.07 Å². The summed E-state index contributed by atoms with van der Waals surface area (Å²) in [5.41, 5.74) is 1.56. The molecule has 0 saturated carbocycles. The van der Waals surface area contributed by atoms with Crippen molar-refractivity contribution in [3.05, 3.63) is 35.1 Å². The molecule has 0 N–H and O–H groups in total. The molecule has 2 nitrogen and oxygen atoms in total. The highest BCUT2D eigenvalue weighted by Gasteiger charge is 2.42. The van der Waals surface area contributed by atoms with Gasteiger partial charge in [0, 0.05) is 12.4 Å². The maximum Gasteiger partial charge on any atom is 0.123 e. The number of hydrogen-bond donors (Lipinski definition) is 0. The van der Waals surface area contributed by atoms with Gasteiger partial charge in [-0.2, -0.15) is 0 Å². The number of nitrogens with zero attached hydrogens (tertiary/aromatic N) is 1. The average molecular weight is 314 g/mol. The van der Waals surface area contributed by atoms with Crippen LogP contribution in [0.15, 0.2) is 18.2 Å². The smallest absolute Gasteiger partial charge is 0.123 e. The molecule has 21 heavy (non-hydrogen) atoms. The first-order valence-electron chi connectivity index (χ1n) is 7.38. The van der Waals surface area contributed by atoms with E-state index in [1.54, 1.807) is 6.07 Å². The number of halogens is 2. The van der Waals surface area contributed by atoms with Crippen molar-refractivity contribution in [2.24, 2.45) is 5.41 Å². The minimum atomic E-state index is -0.342. The standard InChI is InChI=1S/C17H25ClFNO/c1-16(2,3)11-20-15(10-21-17(20,4)5)13-6-12(9-18)7-14(19)8-13/h6-8,15H,9-11H2,1-5H3/t15-/m1/s1. The summed E-state index contributed by atoms with van der Waals surface area (Å²) in [6.07, 6.45) is 0. The minimum absolute atomic E-state index is 0.0666. The Morgan fingerprint density at radius 1 is 1.33 bits per heavy atom. The first-order chi connectivity index (χ1) is 9.62. The van der Waals surface area contributed by atoms with Crippen LogP contribution in [0.2, 0.25) is 0 Å². The molecule has 0 radical (unpaired) electrons. The lowest BCUT2D eigenvalue weighted by Crippen LogP contribution is -2.44. The second-order valence-corrected chi connectivity index (χ2v) is 7.76. The number of benzene rings is 1. The Hall–Kier alpha value is -0.640. The van der Waals surface area contributed by atoms with Crippen LogP contribution in [0.1, 0.15) is 51.8 Å². The van der Waals surface area contributed by atoms with Crippen LogP contribution < -0.4 is 0 Å². The van der Waals surface area contributed by atoms with Crippen LogP contribution >= 0.6 is 11.6 Å². The predicted octanol–water partition coefficient (Wildman–Crippen LogP) is 4.72. The largest absolute Gasteiger partial charge is 0.359 e. The van der Waals surface area contributed by atoms with E-state index < -0.39 is 0 Å². The number of hydrogen-bond acceptors (Lipinski definition) is 2. The van der Waals surface area contributed by atoms with Crippen LogP contribution in [0, 0.1) is 11.2 Å². The maximum absolute atomic E-state index is 13.8. The molecule has 1 aromatic rings. The highest BCUT2D eigenvalue weighted by Crippen LogP contribution is 2.39.